The molecule has 0 aliphatic carbocycles. The van der Waals surface area contributed by atoms with E-state index in [0.29, 0.717) is 35.9 Å². The molecule has 3 rings (SSSR count). The van der Waals surface area contributed by atoms with Gasteiger partial charge in [-0.15, -0.1) is 0 Å². The van der Waals surface area contributed by atoms with Gasteiger partial charge < -0.3 is 19.5 Å². The molecule has 1 amide bonds. The van der Waals surface area contributed by atoms with Crippen molar-refractivity contribution in [1.82, 2.24) is 10.2 Å². The third-order valence-electron chi connectivity index (χ3n) is 5.31. The summed E-state index contributed by atoms with van der Waals surface area (Å²) in [5, 5.41) is 2.99. The number of hydrogen-bond donors (Lipinski definition) is 1. The average Bonchev–Trinajstić information content (AvgIpc) is 3.25. The number of carbonyl (C=O) groups excluding carboxylic acids is 2. The highest BCUT2D eigenvalue weighted by Gasteiger charge is 2.32. The van der Waals surface area contributed by atoms with Crippen LogP contribution in [0.5, 0.6) is 17.2 Å². The predicted molar refractivity (Wildman–Crippen MR) is 113 cm³/mol. The van der Waals surface area contributed by atoms with Crippen LogP contribution in [0.4, 0.5) is 0 Å². The molecule has 1 aliphatic heterocycles. The average molecular weight is 412 g/mol. The molecule has 0 radical (unpaired) electrons. The van der Waals surface area contributed by atoms with E-state index in [1.165, 1.54) is 21.3 Å². The number of methoxy groups -OCH3 is 3. The van der Waals surface area contributed by atoms with Crippen LogP contribution in [0.2, 0.25) is 0 Å². The van der Waals surface area contributed by atoms with Crippen LogP contribution in [0.3, 0.4) is 0 Å². The minimum Gasteiger partial charge on any atom is -0.493 e. The van der Waals surface area contributed by atoms with Gasteiger partial charge in [0.15, 0.2) is 17.3 Å². The monoisotopic (exact) mass is 412 g/mol. The fraction of sp³-hybridized carbons (Fsp3) is 0.391. The largest absolute Gasteiger partial charge is 0.493 e. The number of ether oxygens (including phenoxy) is 3. The lowest BCUT2D eigenvalue weighted by molar-refractivity contribution is -0.125. The number of Topliss-reactive ketones (excluding diaryl/α,β-unsaturated/α-hetero) is 1. The van der Waals surface area contributed by atoms with Crippen molar-refractivity contribution in [3.8, 4) is 17.2 Å². The quantitative estimate of drug-likeness (QED) is 0.638. The van der Waals surface area contributed by atoms with E-state index >= 15 is 0 Å². The van der Waals surface area contributed by atoms with Gasteiger partial charge in [-0.2, -0.15) is 0 Å². The Hall–Kier alpha value is -3.06. The first-order chi connectivity index (χ1) is 14.6. The maximum absolute atomic E-state index is 13.0. The number of carbonyl (C=O) groups is 2. The molecule has 0 bridgehead atoms. The molecule has 0 spiro atoms. The Balaban J connectivity index is 1.67. The van der Waals surface area contributed by atoms with Gasteiger partial charge >= 0.3 is 0 Å². The number of nitrogens with zero attached hydrogens (tertiary/aromatic N) is 1. The molecule has 1 N–H and O–H groups in total. The molecule has 1 saturated heterocycles. The van der Waals surface area contributed by atoms with E-state index in [9.17, 15) is 9.59 Å². The maximum atomic E-state index is 13.0. The van der Waals surface area contributed by atoms with Crippen LogP contribution >= 0.6 is 0 Å². The van der Waals surface area contributed by atoms with E-state index in [1.54, 1.807) is 12.1 Å². The maximum Gasteiger partial charge on any atom is 0.237 e. The molecule has 7 nitrogen and oxygen atoms in total. The number of rotatable bonds is 9. The molecule has 1 heterocycles. The van der Waals surface area contributed by atoms with Crippen LogP contribution in [0, 0.1) is 0 Å². The van der Waals surface area contributed by atoms with Crippen molar-refractivity contribution in [1.29, 1.82) is 0 Å². The molecule has 1 atom stereocenters. The van der Waals surface area contributed by atoms with Crippen LogP contribution in [0.25, 0.3) is 0 Å². The molecule has 160 valence electrons. The zero-order chi connectivity index (χ0) is 21.5. The summed E-state index contributed by atoms with van der Waals surface area (Å²) in [6, 6.07) is 12.8. The van der Waals surface area contributed by atoms with Crippen LogP contribution in [-0.2, 0) is 11.3 Å². The smallest absolute Gasteiger partial charge is 0.237 e. The second-order valence-corrected chi connectivity index (χ2v) is 7.17. The molecule has 2 aromatic carbocycles. The van der Waals surface area contributed by atoms with E-state index < -0.39 is 0 Å². The zero-order valence-electron chi connectivity index (χ0n) is 17.6. The number of ketones is 1. The molecular formula is C23H28N2O5. The normalized spacial score (nSPS) is 16.2. The highest BCUT2D eigenvalue weighted by Crippen LogP contribution is 2.38. The number of likely N-dealkylation sites (tertiary alicyclic amines) is 1. The third-order valence-corrected chi connectivity index (χ3v) is 5.31. The van der Waals surface area contributed by atoms with E-state index in [0.717, 1.165) is 18.4 Å². The summed E-state index contributed by atoms with van der Waals surface area (Å²) in [6.07, 6.45) is 1.62. The summed E-state index contributed by atoms with van der Waals surface area (Å²) in [5.41, 5.74) is 1.50. The Morgan fingerprint density at radius 2 is 1.70 bits per heavy atom. The zero-order valence-corrected chi connectivity index (χ0v) is 17.6. The summed E-state index contributed by atoms with van der Waals surface area (Å²) in [6.45, 7) is 1.34. The van der Waals surface area contributed by atoms with Gasteiger partial charge in [0, 0.05) is 12.1 Å². The molecule has 1 fully saturated rings. The fourth-order valence-corrected chi connectivity index (χ4v) is 3.73. The number of benzene rings is 2. The van der Waals surface area contributed by atoms with Crippen molar-refractivity contribution in [3.63, 3.8) is 0 Å². The van der Waals surface area contributed by atoms with Gasteiger partial charge in [-0.3, -0.25) is 14.5 Å². The van der Waals surface area contributed by atoms with Crippen molar-refractivity contribution in [2.45, 2.75) is 25.4 Å². The van der Waals surface area contributed by atoms with Crippen molar-refractivity contribution < 1.29 is 23.8 Å². The minimum absolute atomic E-state index is 0.0472. The van der Waals surface area contributed by atoms with Gasteiger partial charge in [-0.25, -0.2) is 0 Å². The minimum atomic E-state index is -0.306. The molecule has 0 aromatic heterocycles. The van der Waals surface area contributed by atoms with E-state index in [4.69, 9.17) is 14.2 Å². The van der Waals surface area contributed by atoms with Crippen LogP contribution in [-0.4, -0.2) is 57.1 Å². The Kier molecular flexibility index (Phi) is 7.30. The van der Waals surface area contributed by atoms with Gasteiger partial charge in [0.25, 0.3) is 0 Å². The predicted octanol–water partition coefficient (Wildman–Crippen LogP) is 2.68. The second-order valence-electron chi connectivity index (χ2n) is 7.17. The van der Waals surface area contributed by atoms with Crippen LogP contribution in [0.15, 0.2) is 42.5 Å². The van der Waals surface area contributed by atoms with Crippen LogP contribution < -0.4 is 19.5 Å². The summed E-state index contributed by atoms with van der Waals surface area (Å²) in [5.74, 6) is 1.15. The van der Waals surface area contributed by atoms with Crippen molar-refractivity contribution in [2.24, 2.45) is 0 Å². The van der Waals surface area contributed by atoms with Crippen molar-refractivity contribution in [3.05, 3.63) is 53.6 Å². The van der Waals surface area contributed by atoms with Crippen molar-refractivity contribution >= 4 is 11.7 Å². The molecule has 2 aromatic rings. The topological polar surface area (TPSA) is 77.1 Å². The first-order valence-corrected chi connectivity index (χ1v) is 9.96. The fourth-order valence-electron chi connectivity index (χ4n) is 3.73. The summed E-state index contributed by atoms with van der Waals surface area (Å²) < 4.78 is 16.0. The molecule has 0 unspecified atom stereocenters. The van der Waals surface area contributed by atoms with Gasteiger partial charge in [0.1, 0.15) is 0 Å². The standard InChI is InChI=1S/C23H28N2O5/c1-28-20-12-17(13-21(29-2)22(20)30-3)19(26)15-25-11-7-10-18(25)23(27)24-14-16-8-5-4-6-9-16/h4-6,8-9,12-13,18H,7,10-11,14-15H2,1-3H3,(H,24,27)/t18-/m0/s1. The van der Waals surface area contributed by atoms with Gasteiger partial charge in [0.2, 0.25) is 11.7 Å². The number of hydrogen-bond acceptors (Lipinski definition) is 6. The summed E-state index contributed by atoms with van der Waals surface area (Å²) >= 11 is 0. The van der Waals surface area contributed by atoms with Gasteiger partial charge in [0.05, 0.1) is 33.9 Å². The second kappa shape index (κ2) is 10.1. The lowest BCUT2D eigenvalue weighted by Crippen LogP contribution is -2.44. The lowest BCUT2D eigenvalue weighted by Gasteiger charge is -2.23. The van der Waals surface area contributed by atoms with E-state index in [1.807, 2.05) is 35.2 Å². The first-order valence-electron chi connectivity index (χ1n) is 9.96. The number of amides is 1. The first kappa shape index (κ1) is 21.6. The SMILES string of the molecule is COc1cc(C(=O)CN2CCC[C@H]2C(=O)NCc2ccccc2)cc(OC)c1OC. The third kappa shape index (κ3) is 4.91. The Labute approximate surface area is 176 Å². The Morgan fingerprint density at radius 1 is 1.03 bits per heavy atom. The highest BCUT2D eigenvalue weighted by molar-refractivity contribution is 5.99. The Morgan fingerprint density at radius 3 is 2.30 bits per heavy atom. The summed E-state index contributed by atoms with van der Waals surface area (Å²) in [4.78, 5) is 27.6. The Bertz CT molecular complexity index is 859. The molecule has 0 saturated carbocycles. The molecule has 30 heavy (non-hydrogen) atoms. The van der Waals surface area contributed by atoms with Gasteiger partial charge in [-0.1, -0.05) is 30.3 Å². The summed E-state index contributed by atoms with van der Waals surface area (Å²) in [7, 11) is 4.54. The number of nitrogens with one attached hydrogen (secondary N) is 1. The van der Waals surface area contributed by atoms with Gasteiger partial charge in [-0.05, 0) is 37.1 Å². The van der Waals surface area contributed by atoms with Crippen molar-refractivity contribution in [2.75, 3.05) is 34.4 Å². The molecular weight excluding hydrogens is 384 g/mol. The molecule has 7 heteroatoms. The van der Waals surface area contributed by atoms with E-state index in [-0.39, 0.29) is 24.3 Å². The van der Waals surface area contributed by atoms with E-state index in [2.05, 4.69) is 5.32 Å². The molecule has 1 aliphatic rings. The van der Waals surface area contributed by atoms with Crippen LogP contribution in [0.1, 0.15) is 28.8 Å². The highest BCUT2D eigenvalue weighted by atomic mass is 16.5. The lowest BCUT2D eigenvalue weighted by atomic mass is 10.1.